The predicted molar refractivity (Wildman–Crippen MR) is 98.3 cm³/mol. The number of nitrogens with zero attached hydrogens (tertiary/aromatic N) is 4. The Labute approximate surface area is 151 Å². The minimum absolute atomic E-state index is 0.155. The van der Waals surface area contributed by atoms with Crippen LogP contribution in [0, 0.1) is 6.92 Å². The lowest BCUT2D eigenvalue weighted by Crippen LogP contribution is -2.20. The molecule has 0 amide bonds. The molecule has 2 heterocycles. The second-order valence-corrected chi connectivity index (χ2v) is 6.08. The summed E-state index contributed by atoms with van der Waals surface area (Å²) in [6, 6.07) is 14.0. The molecule has 0 bridgehead atoms. The van der Waals surface area contributed by atoms with Gasteiger partial charge in [0, 0.05) is 5.70 Å². The monoisotopic (exact) mass is 349 g/mol. The number of allylic oxidation sites excluding steroid dienone is 1. The highest BCUT2D eigenvalue weighted by Gasteiger charge is 2.25. The highest BCUT2D eigenvalue weighted by molar-refractivity contribution is 5.77. The molecule has 0 spiro atoms. The summed E-state index contributed by atoms with van der Waals surface area (Å²) in [4.78, 5) is 0. The molecule has 2 aromatic carbocycles. The molecule has 4 rings (SSSR count). The lowest BCUT2D eigenvalue weighted by atomic mass is 10.0. The van der Waals surface area contributed by atoms with E-state index in [-0.39, 0.29) is 6.04 Å². The van der Waals surface area contributed by atoms with Crippen LogP contribution in [0.4, 0.5) is 5.95 Å². The van der Waals surface area contributed by atoms with Crippen molar-refractivity contribution in [1.82, 2.24) is 20.2 Å². The van der Waals surface area contributed by atoms with Crippen molar-refractivity contribution in [1.29, 1.82) is 0 Å². The molecule has 7 heteroatoms. The number of hydrogen-bond donors (Lipinski definition) is 1. The normalized spacial score (nSPS) is 15.7. The third-order valence-electron chi connectivity index (χ3n) is 4.44. The van der Waals surface area contributed by atoms with Gasteiger partial charge in [-0.3, -0.25) is 0 Å². The summed E-state index contributed by atoms with van der Waals surface area (Å²) in [5.74, 6) is 1.95. The van der Waals surface area contributed by atoms with Gasteiger partial charge in [-0.1, -0.05) is 41.0 Å². The number of benzene rings is 2. The van der Waals surface area contributed by atoms with Gasteiger partial charge >= 0.3 is 0 Å². The Morgan fingerprint density at radius 3 is 2.50 bits per heavy atom. The molecule has 1 aliphatic heterocycles. The maximum atomic E-state index is 5.44. The van der Waals surface area contributed by atoms with E-state index in [1.807, 2.05) is 18.2 Å². The van der Waals surface area contributed by atoms with Crippen molar-refractivity contribution in [2.75, 3.05) is 19.5 Å². The summed E-state index contributed by atoms with van der Waals surface area (Å²) in [5.41, 5.74) is 4.26. The number of anilines is 1. The van der Waals surface area contributed by atoms with E-state index in [0.29, 0.717) is 17.4 Å². The minimum Gasteiger partial charge on any atom is -0.493 e. The summed E-state index contributed by atoms with van der Waals surface area (Å²) >= 11 is 0. The molecule has 132 valence electrons. The number of tetrazole rings is 1. The second kappa shape index (κ2) is 6.51. The zero-order chi connectivity index (χ0) is 18.1. The van der Waals surface area contributed by atoms with Crippen molar-refractivity contribution < 1.29 is 9.47 Å². The molecule has 26 heavy (non-hydrogen) atoms. The van der Waals surface area contributed by atoms with Gasteiger partial charge in [0.1, 0.15) is 6.04 Å². The Kier molecular flexibility index (Phi) is 4.04. The maximum Gasteiger partial charge on any atom is 0.248 e. The molecule has 3 aromatic rings. The first-order chi connectivity index (χ1) is 12.7. The van der Waals surface area contributed by atoms with Crippen LogP contribution < -0.4 is 14.8 Å². The number of hydrogen-bond acceptors (Lipinski definition) is 6. The number of aromatic nitrogens is 4. The van der Waals surface area contributed by atoms with Gasteiger partial charge in [0.2, 0.25) is 5.95 Å². The van der Waals surface area contributed by atoms with Crippen LogP contribution in [0.5, 0.6) is 11.5 Å². The highest BCUT2D eigenvalue weighted by Crippen LogP contribution is 2.35. The van der Waals surface area contributed by atoms with Crippen molar-refractivity contribution in [2.45, 2.75) is 13.0 Å². The Bertz CT molecular complexity index is 962. The number of nitrogens with one attached hydrogen (secondary N) is 1. The summed E-state index contributed by atoms with van der Waals surface area (Å²) in [5, 5.41) is 15.3. The van der Waals surface area contributed by atoms with E-state index in [1.165, 1.54) is 5.56 Å². The first kappa shape index (κ1) is 16.1. The van der Waals surface area contributed by atoms with E-state index in [4.69, 9.17) is 9.47 Å². The Morgan fingerprint density at radius 1 is 1.00 bits per heavy atom. The third kappa shape index (κ3) is 2.77. The highest BCUT2D eigenvalue weighted by atomic mass is 16.5. The minimum atomic E-state index is -0.155. The van der Waals surface area contributed by atoms with E-state index in [2.05, 4.69) is 58.1 Å². The molecular weight excluding hydrogens is 330 g/mol. The van der Waals surface area contributed by atoms with Crippen LogP contribution in [-0.4, -0.2) is 34.4 Å². The first-order valence-corrected chi connectivity index (χ1v) is 8.25. The molecule has 0 radical (unpaired) electrons. The SMILES string of the molecule is COc1ccc(C2C=C(c3ccc(C)cc3)Nc3nnnn32)cc1OC. The molecule has 1 aliphatic rings. The van der Waals surface area contributed by atoms with Gasteiger partial charge in [-0.15, -0.1) is 0 Å². The van der Waals surface area contributed by atoms with Crippen molar-refractivity contribution in [3.05, 3.63) is 65.2 Å². The lowest BCUT2D eigenvalue weighted by Gasteiger charge is -2.24. The standard InChI is InChI=1S/C19H19N5O2/c1-12-4-6-13(7-5-12)15-11-16(24-19(20-15)21-22-23-24)14-8-9-17(25-2)18(10-14)26-3/h4-11,16H,1-3H3,(H,20,21,23). The van der Waals surface area contributed by atoms with Crippen LogP contribution in [0.2, 0.25) is 0 Å². The third-order valence-corrected chi connectivity index (χ3v) is 4.44. The smallest absolute Gasteiger partial charge is 0.248 e. The van der Waals surface area contributed by atoms with E-state index in [9.17, 15) is 0 Å². The Balaban J connectivity index is 1.80. The number of aryl methyl sites for hydroxylation is 1. The topological polar surface area (TPSA) is 74.1 Å². The largest absolute Gasteiger partial charge is 0.493 e. The van der Waals surface area contributed by atoms with E-state index < -0.39 is 0 Å². The van der Waals surface area contributed by atoms with Crippen LogP contribution in [0.1, 0.15) is 22.7 Å². The van der Waals surface area contributed by atoms with Crippen molar-refractivity contribution in [3.63, 3.8) is 0 Å². The fraction of sp³-hybridized carbons (Fsp3) is 0.211. The van der Waals surface area contributed by atoms with E-state index >= 15 is 0 Å². The molecule has 1 unspecified atom stereocenters. The maximum absolute atomic E-state index is 5.44. The molecule has 1 N–H and O–H groups in total. The van der Waals surface area contributed by atoms with Crippen LogP contribution in [0.15, 0.2) is 48.5 Å². The Hall–Kier alpha value is -3.35. The molecule has 0 fully saturated rings. The fourth-order valence-corrected chi connectivity index (χ4v) is 3.03. The molecule has 1 aromatic heterocycles. The van der Waals surface area contributed by atoms with E-state index in [0.717, 1.165) is 16.8 Å². The van der Waals surface area contributed by atoms with Crippen LogP contribution in [-0.2, 0) is 0 Å². The van der Waals surface area contributed by atoms with Crippen LogP contribution in [0.25, 0.3) is 5.70 Å². The fourth-order valence-electron chi connectivity index (χ4n) is 3.03. The summed E-state index contributed by atoms with van der Waals surface area (Å²) in [6.45, 7) is 2.07. The number of fused-ring (bicyclic) bond motifs is 1. The van der Waals surface area contributed by atoms with Crippen molar-refractivity contribution in [3.8, 4) is 11.5 Å². The molecule has 0 aliphatic carbocycles. The first-order valence-electron chi connectivity index (χ1n) is 8.25. The van der Waals surface area contributed by atoms with E-state index in [1.54, 1.807) is 18.9 Å². The zero-order valence-corrected chi connectivity index (χ0v) is 14.8. The average Bonchev–Trinajstić information content (AvgIpc) is 3.16. The summed E-state index contributed by atoms with van der Waals surface area (Å²) in [6.07, 6.45) is 2.11. The number of rotatable bonds is 4. The Morgan fingerprint density at radius 2 is 1.77 bits per heavy atom. The molecule has 7 nitrogen and oxygen atoms in total. The molecule has 1 atom stereocenters. The molecular formula is C19H19N5O2. The van der Waals surface area contributed by atoms with Gasteiger partial charge in [-0.25, -0.2) is 0 Å². The second-order valence-electron chi connectivity index (χ2n) is 6.08. The summed E-state index contributed by atoms with van der Waals surface area (Å²) < 4.78 is 12.5. The van der Waals surface area contributed by atoms with Gasteiger partial charge in [0.25, 0.3) is 0 Å². The van der Waals surface area contributed by atoms with Gasteiger partial charge in [0.15, 0.2) is 11.5 Å². The van der Waals surface area contributed by atoms with Gasteiger partial charge in [0.05, 0.1) is 14.2 Å². The van der Waals surface area contributed by atoms with Crippen molar-refractivity contribution in [2.24, 2.45) is 0 Å². The molecule has 0 saturated heterocycles. The van der Waals surface area contributed by atoms with Crippen LogP contribution in [0.3, 0.4) is 0 Å². The average molecular weight is 349 g/mol. The molecule has 0 saturated carbocycles. The summed E-state index contributed by atoms with van der Waals surface area (Å²) in [7, 11) is 3.25. The van der Waals surface area contributed by atoms with Gasteiger partial charge in [-0.05, 0) is 46.7 Å². The number of methoxy groups -OCH3 is 2. The number of ether oxygens (including phenoxy) is 2. The predicted octanol–water partition coefficient (Wildman–Crippen LogP) is 3.05. The zero-order valence-electron chi connectivity index (χ0n) is 14.8. The lowest BCUT2D eigenvalue weighted by molar-refractivity contribution is 0.354. The van der Waals surface area contributed by atoms with Gasteiger partial charge in [-0.2, -0.15) is 4.68 Å². The van der Waals surface area contributed by atoms with Gasteiger partial charge < -0.3 is 14.8 Å². The quantitative estimate of drug-likeness (QED) is 0.780. The van der Waals surface area contributed by atoms with Crippen LogP contribution >= 0.6 is 0 Å². The van der Waals surface area contributed by atoms with Crippen molar-refractivity contribution >= 4 is 11.6 Å².